The van der Waals surface area contributed by atoms with Gasteiger partial charge in [0.05, 0.1) is 22.4 Å². The highest BCUT2D eigenvalue weighted by Gasteiger charge is 2.25. The Labute approximate surface area is 200 Å². The first kappa shape index (κ1) is 21.5. The highest BCUT2D eigenvalue weighted by atomic mass is 32.1. The number of fused-ring (bicyclic) bond motifs is 2. The van der Waals surface area contributed by atoms with Crippen LogP contribution in [0.5, 0.6) is 11.6 Å². The van der Waals surface area contributed by atoms with E-state index < -0.39 is 0 Å². The molecule has 0 saturated carbocycles. The van der Waals surface area contributed by atoms with Gasteiger partial charge in [0, 0.05) is 24.2 Å². The Hall–Kier alpha value is -3.32. The van der Waals surface area contributed by atoms with Crippen LogP contribution < -0.4 is 19.0 Å². The maximum atomic E-state index is 10.9. The van der Waals surface area contributed by atoms with Gasteiger partial charge in [0.1, 0.15) is 4.88 Å². The standard InChI is InChI=1S/C25H24N4O2S2/c1-4-27-17-11-7-9-13-19(17)31-22(27)16-15-21-23(30)29(6-3)25(33-21)26-24-28(5-2)18-12-8-10-14-20(18)32-24/h7-15H,4-6H2,1-3H3/p+1. The molecule has 0 radical (unpaired) electrons. The molecular formula is C25H25N4O2S2+. The van der Waals surface area contributed by atoms with Crippen LogP contribution in [0.3, 0.4) is 0 Å². The van der Waals surface area contributed by atoms with Crippen LogP contribution in [0, 0.1) is 0 Å². The molecule has 1 aliphatic rings. The van der Waals surface area contributed by atoms with Crippen molar-refractivity contribution in [3.05, 3.63) is 69.8 Å². The van der Waals surface area contributed by atoms with Crippen molar-refractivity contribution in [3.8, 4) is 11.6 Å². The average molecular weight is 478 g/mol. The van der Waals surface area contributed by atoms with Crippen molar-refractivity contribution in [1.82, 2.24) is 4.57 Å². The van der Waals surface area contributed by atoms with E-state index in [1.165, 1.54) is 21.6 Å². The summed E-state index contributed by atoms with van der Waals surface area (Å²) in [5.41, 5.74) is 5.45. The third-order valence-corrected chi connectivity index (χ3v) is 7.64. The van der Waals surface area contributed by atoms with Gasteiger partial charge in [-0.2, -0.15) is 4.57 Å². The molecule has 8 heteroatoms. The maximum Gasteiger partial charge on any atom is 0.389 e. The number of ether oxygens (including phenoxy) is 1. The van der Waals surface area contributed by atoms with Crippen LogP contribution >= 0.6 is 22.7 Å². The molecule has 2 aromatic carbocycles. The Balaban J connectivity index is 1.59. The Morgan fingerprint density at radius 2 is 1.85 bits per heavy atom. The monoisotopic (exact) mass is 477 g/mol. The summed E-state index contributed by atoms with van der Waals surface area (Å²) in [6.45, 7) is 8.42. The van der Waals surface area contributed by atoms with E-state index in [1.807, 2.05) is 47.9 Å². The van der Waals surface area contributed by atoms with Crippen molar-refractivity contribution >= 4 is 49.8 Å². The minimum Gasteiger partial charge on any atom is -0.477 e. The number of benzene rings is 2. The van der Waals surface area contributed by atoms with E-state index in [4.69, 9.17) is 9.73 Å². The molecule has 6 nitrogen and oxygen atoms in total. The number of para-hydroxylation sites is 3. The number of aryl methyl sites for hydroxylation is 1. The smallest absolute Gasteiger partial charge is 0.389 e. The molecule has 5 rings (SSSR count). The second-order valence-corrected chi connectivity index (χ2v) is 9.45. The quantitative estimate of drug-likeness (QED) is 0.309. The molecule has 0 bridgehead atoms. The van der Waals surface area contributed by atoms with Crippen molar-refractivity contribution < 1.29 is 14.4 Å². The average Bonchev–Trinajstić information content (AvgIpc) is 3.47. The molecule has 0 saturated heterocycles. The van der Waals surface area contributed by atoms with E-state index in [0.717, 1.165) is 34.5 Å². The number of hydrogen-bond acceptors (Lipinski definition) is 6. The first-order valence-corrected chi connectivity index (χ1v) is 12.7. The third kappa shape index (κ3) is 3.76. The number of aromatic nitrogens is 2. The van der Waals surface area contributed by atoms with Crippen LogP contribution in [0.15, 0.2) is 65.1 Å². The molecule has 0 atom stereocenters. The van der Waals surface area contributed by atoms with Gasteiger partial charge in [-0.15, -0.1) is 0 Å². The number of rotatable bonds is 5. The number of thiazole rings is 2. The van der Waals surface area contributed by atoms with Gasteiger partial charge in [0.2, 0.25) is 5.88 Å². The predicted molar refractivity (Wildman–Crippen MR) is 134 cm³/mol. The van der Waals surface area contributed by atoms with Gasteiger partial charge in [-0.3, -0.25) is 4.57 Å². The zero-order valence-electron chi connectivity index (χ0n) is 18.8. The summed E-state index contributed by atoms with van der Waals surface area (Å²) < 4.78 is 11.2. The molecule has 0 aliphatic carbocycles. The number of nitrogens with zero attached hydrogens (tertiary/aromatic N) is 4. The van der Waals surface area contributed by atoms with Crippen LogP contribution in [0.1, 0.15) is 25.6 Å². The van der Waals surface area contributed by atoms with Crippen molar-refractivity contribution in [2.24, 2.45) is 4.99 Å². The zero-order chi connectivity index (χ0) is 22.9. The fourth-order valence-corrected chi connectivity index (χ4v) is 6.09. The van der Waals surface area contributed by atoms with Crippen molar-refractivity contribution in [1.29, 1.82) is 0 Å². The molecule has 0 spiro atoms. The molecule has 0 fully saturated rings. The van der Waals surface area contributed by atoms with Gasteiger partial charge in [-0.25, -0.2) is 0 Å². The molecular weight excluding hydrogens is 452 g/mol. The molecule has 0 amide bonds. The molecule has 168 valence electrons. The molecule has 4 aromatic rings. The van der Waals surface area contributed by atoms with Crippen LogP contribution in [-0.2, 0) is 13.1 Å². The Morgan fingerprint density at radius 1 is 1.06 bits per heavy atom. The first-order valence-electron chi connectivity index (χ1n) is 11.0. The fourth-order valence-electron chi connectivity index (χ4n) is 3.96. The number of hydrogen-bond donors (Lipinski definition) is 1. The van der Waals surface area contributed by atoms with Gasteiger partial charge in [-0.1, -0.05) is 41.3 Å². The second-order valence-electron chi connectivity index (χ2n) is 7.43. The van der Waals surface area contributed by atoms with Crippen LogP contribution in [0.4, 0.5) is 10.8 Å². The topological polar surface area (TPSA) is 53.9 Å². The van der Waals surface area contributed by atoms with E-state index in [-0.39, 0.29) is 5.88 Å². The number of anilines is 1. The van der Waals surface area contributed by atoms with E-state index in [2.05, 4.69) is 41.2 Å². The van der Waals surface area contributed by atoms with E-state index in [9.17, 15) is 5.11 Å². The molecule has 33 heavy (non-hydrogen) atoms. The maximum absolute atomic E-state index is 10.9. The lowest BCUT2D eigenvalue weighted by Crippen LogP contribution is -2.31. The molecule has 2 aromatic heterocycles. The van der Waals surface area contributed by atoms with Gasteiger partial charge in [-0.05, 0) is 56.4 Å². The Bertz CT molecular complexity index is 1470. The fraction of sp³-hybridized carbons (Fsp3) is 0.240. The highest BCUT2D eigenvalue weighted by Crippen LogP contribution is 2.38. The molecule has 1 N–H and O–H groups in total. The highest BCUT2D eigenvalue weighted by molar-refractivity contribution is 7.17. The summed E-state index contributed by atoms with van der Waals surface area (Å²) in [6, 6.07) is 16.3. The lowest BCUT2D eigenvalue weighted by molar-refractivity contribution is -0.682. The Kier molecular flexibility index (Phi) is 5.81. The van der Waals surface area contributed by atoms with Gasteiger partial charge in [0.15, 0.2) is 5.75 Å². The van der Waals surface area contributed by atoms with Gasteiger partial charge < -0.3 is 14.7 Å². The largest absolute Gasteiger partial charge is 0.477 e. The summed E-state index contributed by atoms with van der Waals surface area (Å²) >= 11 is 3.10. The van der Waals surface area contributed by atoms with Crippen molar-refractivity contribution in [2.45, 2.75) is 33.9 Å². The summed E-state index contributed by atoms with van der Waals surface area (Å²) in [6.07, 6.45) is 1.79. The van der Waals surface area contributed by atoms with Crippen LogP contribution in [-0.4, -0.2) is 16.2 Å². The van der Waals surface area contributed by atoms with Crippen LogP contribution in [0.25, 0.3) is 16.3 Å². The van der Waals surface area contributed by atoms with Crippen molar-refractivity contribution in [3.63, 3.8) is 0 Å². The predicted octanol–water partition coefficient (Wildman–Crippen LogP) is 5.40. The van der Waals surface area contributed by atoms with Gasteiger partial charge in [0.25, 0.3) is 0 Å². The lowest BCUT2D eigenvalue weighted by atomic mass is 10.3. The summed E-state index contributed by atoms with van der Waals surface area (Å²) in [5, 5.41) is 11.7. The molecule has 3 heterocycles. The third-order valence-electron chi connectivity index (χ3n) is 5.57. The Morgan fingerprint density at radius 3 is 2.64 bits per heavy atom. The van der Waals surface area contributed by atoms with Crippen LogP contribution in [0.2, 0.25) is 0 Å². The lowest BCUT2D eigenvalue weighted by Gasteiger charge is -2.13. The summed E-state index contributed by atoms with van der Waals surface area (Å²) in [7, 11) is 0. The van der Waals surface area contributed by atoms with E-state index >= 15 is 0 Å². The summed E-state index contributed by atoms with van der Waals surface area (Å²) in [4.78, 5) is 8.63. The zero-order valence-corrected chi connectivity index (χ0v) is 20.4. The minimum atomic E-state index is 0.192. The molecule has 1 aliphatic heterocycles. The molecule has 0 unspecified atom stereocenters. The van der Waals surface area contributed by atoms with E-state index in [0.29, 0.717) is 17.3 Å². The SMILES string of the molecule is CCN1C(=C=Cc2sc(N=c3sc4ccccc4n3CC)[n+](CC)c2O)Oc2ccccc21. The minimum absolute atomic E-state index is 0.192. The number of aromatic hydroxyl groups is 1. The van der Waals surface area contributed by atoms with E-state index in [1.54, 1.807) is 17.4 Å². The summed E-state index contributed by atoms with van der Waals surface area (Å²) in [5.74, 6) is 1.64. The normalized spacial score (nSPS) is 13.4. The second kappa shape index (κ2) is 8.90. The van der Waals surface area contributed by atoms with Crippen molar-refractivity contribution in [2.75, 3.05) is 11.4 Å². The van der Waals surface area contributed by atoms with Gasteiger partial charge >= 0.3 is 15.8 Å². The first-order chi connectivity index (χ1) is 16.1.